The summed E-state index contributed by atoms with van der Waals surface area (Å²) >= 11 is 0. The highest BCUT2D eigenvalue weighted by Crippen LogP contribution is 2.68. The molecule has 4 fully saturated rings. The van der Waals surface area contributed by atoms with Gasteiger partial charge in [0.05, 0.1) is 0 Å². The predicted molar refractivity (Wildman–Crippen MR) is 122 cm³/mol. The maximum atomic E-state index is 2.69. The van der Waals surface area contributed by atoms with Crippen LogP contribution < -0.4 is 0 Å². The van der Waals surface area contributed by atoms with Crippen molar-refractivity contribution in [3.8, 4) is 0 Å². The van der Waals surface area contributed by atoms with Gasteiger partial charge in [-0.25, -0.2) is 0 Å². The largest absolute Gasteiger partial charge is 0.195 e. The van der Waals surface area contributed by atoms with Crippen molar-refractivity contribution < 1.29 is 0 Å². The zero-order chi connectivity index (χ0) is 18.5. The van der Waals surface area contributed by atoms with Gasteiger partial charge in [0.15, 0.2) is 0 Å². The highest BCUT2D eigenvalue weighted by Gasteiger charge is 2.47. The predicted octanol–water partition coefficient (Wildman–Crippen LogP) is 7.91. The lowest BCUT2D eigenvalue weighted by atomic mass is 9.71. The van der Waals surface area contributed by atoms with E-state index in [4.69, 9.17) is 0 Å². The zero-order valence-electron chi connectivity index (χ0n) is 18.1. The fourth-order valence-corrected chi connectivity index (χ4v) is 13.9. The van der Waals surface area contributed by atoms with E-state index in [2.05, 4.69) is 44.1 Å². The van der Waals surface area contributed by atoms with Crippen LogP contribution in [-0.4, -0.2) is 23.0 Å². The van der Waals surface area contributed by atoms with E-state index >= 15 is 0 Å². The van der Waals surface area contributed by atoms with Crippen LogP contribution in [0, 0.1) is 35.0 Å². The normalized spacial score (nSPS) is 44.1. The molecule has 4 aliphatic carbocycles. The molecule has 0 amide bonds. The Morgan fingerprint density at radius 3 is 2.27 bits per heavy atom. The first-order valence-corrected chi connectivity index (χ1v) is 15.5. The fourth-order valence-electron chi connectivity index (χ4n) is 7.33. The molecule has 0 aromatic carbocycles. The van der Waals surface area contributed by atoms with E-state index in [1.165, 1.54) is 25.7 Å². The molecule has 0 radical (unpaired) electrons. The molecule has 7 unspecified atom stereocenters. The average Bonchev–Trinajstić information content (AvgIpc) is 3.24. The first-order chi connectivity index (χ1) is 12.2. The monoisotopic (exact) mass is 396 g/mol. The van der Waals surface area contributed by atoms with Gasteiger partial charge in [-0.3, -0.25) is 0 Å². The quantitative estimate of drug-likeness (QED) is 0.435. The molecule has 0 saturated heterocycles. The second-order valence-corrected chi connectivity index (χ2v) is 19.2. The lowest BCUT2D eigenvalue weighted by Crippen LogP contribution is -2.30. The van der Waals surface area contributed by atoms with Crippen molar-refractivity contribution in [1.82, 2.24) is 0 Å². The molecule has 0 spiro atoms. The topological polar surface area (TPSA) is 0 Å². The minimum atomic E-state index is -0.488. The van der Waals surface area contributed by atoms with Crippen LogP contribution in [0.4, 0.5) is 0 Å². The third kappa shape index (κ3) is 4.32. The summed E-state index contributed by atoms with van der Waals surface area (Å²) in [5, 5.41) is 2.06. The Morgan fingerprint density at radius 2 is 1.54 bits per heavy atom. The Labute approximate surface area is 169 Å². The van der Waals surface area contributed by atoms with Gasteiger partial charge in [-0.05, 0) is 104 Å². The molecule has 4 aliphatic rings. The second-order valence-electron chi connectivity index (χ2n) is 11.9. The summed E-state index contributed by atoms with van der Waals surface area (Å²) in [6.07, 6.45) is 22.4. The molecule has 7 atom stereocenters. The number of hydrogen-bond acceptors (Lipinski definition) is 1. The van der Waals surface area contributed by atoms with Crippen molar-refractivity contribution in [3.63, 3.8) is 0 Å². The lowest BCUT2D eigenvalue weighted by molar-refractivity contribution is 0.159. The van der Waals surface area contributed by atoms with E-state index in [1.54, 1.807) is 44.9 Å². The van der Waals surface area contributed by atoms with Crippen LogP contribution in [0.2, 0.25) is 0 Å². The third-order valence-electron chi connectivity index (χ3n) is 8.47. The van der Waals surface area contributed by atoms with E-state index in [9.17, 15) is 0 Å². The Bertz CT molecular complexity index is 491. The molecule has 0 heterocycles. The van der Waals surface area contributed by atoms with Gasteiger partial charge in [0.1, 0.15) is 0 Å². The summed E-state index contributed by atoms with van der Waals surface area (Å²) in [5.74, 6) is 5.47. The first kappa shape index (κ1) is 20.0. The summed E-state index contributed by atoms with van der Waals surface area (Å²) in [6.45, 7) is 7.31. The first-order valence-electron chi connectivity index (χ1n) is 11.6. The number of rotatable bonds is 4. The lowest BCUT2D eigenvalue weighted by Gasteiger charge is -2.43. The number of hydrogen-bond donors (Lipinski definition) is 0. The van der Waals surface area contributed by atoms with Crippen LogP contribution >= 0.6 is 19.9 Å². The summed E-state index contributed by atoms with van der Waals surface area (Å²) < 4.78 is 0. The Kier molecular flexibility index (Phi) is 5.77. The Balaban J connectivity index is 1.34. The second kappa shape index (κ2) is 7.51. The molecule has 4 rings (SSSR count). The third-order valence-corrected chi connectivity index (χ3v) is 14.9. The molecule has 152 valence electrons. The van der Waals surface area contributed by atoms with Gasteiger partial charge < -0.3 is 0 Å². The smallest absolute Gasteiger partial charge is 0.0167 e. The Morgan fingerprint density at radius 1 is 0.808 bits per heavy atom. The minimum absolute atomic E-state index is 0.488. The van der Waals surface area contributed by atoms with Crippen molar-refractivity contribution in [3.05, 3.63) is 0 Å². The molecule has 2 heteroatoms. The van der Waals surface area contributed by atoms with Crippen LogP contribution in [0.3, 0.4) is 0 Å². The van der Waals surface area contributed by atoms with Crippen molar-refractivity contribution in [2.45, 2.75) is 102 Å². The van der Waals surface area contributed by atoms with Gasteiger partial charge in [-0.1, -0.05) is 40.0 Å². The van der Waals surface area contributed by atoms with Crippen LogP contribution in [0.25, 0.3) is 0 Å². The van der Waals surface area contributed by atoms with Gasteiger partial charge in [0.2, 0.25) is 0 Å². The summed E-state index contributed by atoms with van der Waals surface area (Å²) in [4.78, 5) is 0. The van der Waals surface area contributed by atoms with Gasteiger partial charge >= 0.3 is 0 Å². The van der Waals surface area contributed by atoms with E-state index in [0.717, 1.165) is 40.1 Å². The van der Waals surface area contributed by atoms with Crippen LogP contribution in [0.15, 0.2) is 0 Å². The zero-order valence-corrected chi connectivity index (χ0v) is 19.8. The van der Waals surface area contributed by atoms with Crippen LogP contribution in [-0.2, 0) is 0 Å². The standard InChI is InChI=1S/C24H44S2/c1-24(2,3)16-17-9-11-21(13-17)26(4,5)25-23-12-10-20-14-18-7-6-8-19(18)15-22(20)23/h17-23H,6-16H2,1-5H3. The highest BCUT2D eigenvalue weighted by atomic mass is 33.2. The van der Waals surface area contributed by atoms with E-state index in [0.29, 0.717) is 5.41 Å². The molecule has 0 aromatic rings. The van der Waals surface area contributed by atoms with Gasteiger partial charge in [0, 0.05) is 5.25 Å². The van der Waals surface area contributed by atoms with E-state index in [-0.39, 0.29) is 0 Å². The summed E-state index contributed by atoms with van der Waals surface area (Å²) in [5.41, 5.74) is 0.519. The molecule has 0 nitrogen and oxygen atoms in total. The highest BCUT2D eigenvalue weighted by molar-refractivity contribution is 8.94. The van der Waals surface area contributed by atoms with Crippen molar-refractivity contribution in [2.75, 3.05) is 12.5 Å². The van der Waals surface area contributed by atoms with Gasteiger partial charge in [-0.2, -0.15) is 9.06 Å². The Hall–Kier alpha value is 0.700. The average molecular weight is 397 g/mol. The SMILES string of the molecule is CC(C)(C)CC1CCC(S(C)(C)SC2CCC3CC4CCCC4CC32)C1. The molecular weight excluding hydrogens is 352 g/mol. The fraction of sp³-hybridized carbons (Fsp3) is 1.00. The van der Waals surface area contributed by atoms with Crippen LogP contribution in [0.1, 0.15) is 91.4 Å². The molecule has 4 saturated carbocycles. The minimum Gasteiger partial charge on any atom is -0.195 e. The van der Waals surface area contributed by atoms with Crippen molar-refractivity contribution in [2.24, 2.45) is 35.0 Å². The maximum absolute atomic E-state index is 2.69. The summed E-state index contributed by atoms with van der Waals surface area (Å²) in [7, 11) is 2.04. The molecule has 0 aromatic heterocycles. The van der Waals surface area contributed by atoms with Gasteiger partial charge in [-0.15, -0.1) is 10.8 Å². The molecular formula is C24H44S2. The molecule has 26 heavy (non-hydrogen) atoms. The molecule has 0 N–H and O–H groups in total. The van der Waals surface area contributed by atoms with E-state index < -0.39 is 9.06 Å². The van der Waals surface area contributed by atoms with Crippen molar-refractivity contribution >= 4 is 19.9 Å². The summed E-state index contributed by atoms with van der Waals surface area (Å²) in [6, 6.07) is 0. The molecule has 0 aliphatic heterocycles. The van der Waals surface area contributed by atoms with Crippen molar-refractivity contribution in [1.29, 1.82) is 0 Å². The van der Waals surface area contributed by atoms with E-state index in [1.807, 2.05) is 0 Å². The number of fused-ring (bicyclic) bond motifs is 2. The van der Waals surface area contributed by atoms with Gasteiger partial charge in [0.25, 0.3) is 0 Å². The maximum Gasteiger partial charge on any atom is 0.0167 e. The molecule has 0 bridgehead atoms. The van der Waals surface area contributed by atoms with Crippen LogP contribution in [0.5, 0.6) is 0 Å².